The average molecular weight is 273 g/mol. The van der Waals surface area contributed by atoms with E-state index in [1.807, 2.05) is 20.2 Å². The second-order valence-electron chi connectivity index (χ2n) is 4.48. The Morgan fingerprint density at radius 1 is 1.35 bits per heavy atom. The Labute approximate surface area is 116 Å². The highest BCUT2D eigenvalue weighted by atomic mass is 16.4. The highest BCUT2D eigenvalue weighted by Crippen LogP contribution is 2.07. The van der Waals surface area contributed by atoms with Crippen molar-refractivity contribution in [3.05, 3.63) is 52.8 Å². The minimum absolute atomic E-state index is 0.0928. The topological polar surface area (TPSA) is 84.2 Å². The van der Waals surface area contributed by atoms with Gasteiger partial charge in [0.2, 0.25) is 0 Å². The lowest BCUT2D eigenvalue weighted by Gasteiger charge is -2.05. The Morgan fingerprint density at radius 3 is 2.65 bits per heavy atom. The highest BCUT2D eigenvalue weighted by Gasteiger charge is 2.10. The summed E-state index contributed by atoms with van der Waals surface area (Å²) in [4.78, 5) is 22.8. The van der Waals surface area contributed by atoms with E-state index in [0.717, 1.165) is 11.3 Å². The van der Waals surface area contributed by atoms with Crippen molar-refractivity contribution in [2.24, 2.45) is 7.05 Å². The lowest BCUT2D eigenvalue weighted by atomic mass is 10.1. The molecule has 1 heterocycles. The van der Waals surface area contributed by atoms with Crippen molar-refractivity contribution in [2.45, 2.75) is 13.5 Å². The number of carbonyl (C=O) groups is 2. The summed E-state index contributed by atoms with van der Waals surface area (Å²) in [5, 5.41) is 15.8. The SMILES string of the molecule is Cc1nn(C)cc1CNC(=O)c1cccc(C(=O)O)c1. The molecule has 0 bridgehead atoms. The van der Waals surface area contributed by atoms with Crippen LogP contribution in [-0.4, -0.2) is 26.8 Å². The minimum Gasteiger partial charge on any atom is -0.478 e. The van der Waals surface area contributed by atoms with Crippen LogP contribution in [0.25, 0.3) is 0 Å². The summed E-state index contributed by atoms with van der Waals surface area (Å²) in [5.74, 6) is -1.36. The predicted molar refractivity (Wildman–Crippen MR) is 72.5 cm³/mol. The van der Waals surface area contributed by atoms with Gasteiger partial charge in [-0.2, -0.15) is 5.10 Å². The Hall–Kier alpha value is -2.63. The average Bonchev–Trinajstić information content (AvgIpc) is 2.74. The summed E-state index contributed by atoms with van der Waals surface area (Å²) >= 11 is 0. The monoisotopic (exact) mass is 273 g/mol. The van der Waals surface area contributed by atoms with E-state index in [-0.39, 0.29) is 11.5 Å². The van der Waals surface area contributed by atoms with Gasteiger partial charge >= 0.3 is 5.97 Å². The van der Waals surface area contributed by atoms with E-state index in [4.69, 9.17) is 5.11 Å². The summed E-state index contributed by atoms with van der Waals surface area (Å²) in [6, 6.07) is 5.93. The van der Waals surface area contributed by atoms with Crippen LogP contribution in [0, 0.1) is 6.92 Å². The van der Waals surface area contributed by atoms with Gasteiger partial charge in [0.1, 0.15) is 0 Å². The molecule has 6 heteroatoms. The van der Waals surface area contributed by atoms with Gasteiger partial charge in [-0.05, 0) is 25.1 Å². The number of carboxylic acid groups (broad SMARTS) is 1. The maximum atomic E-state index is 12.0. The molecule has 0 saturated carbocycles. The number of hydrogen-bond acceptors (Lipinski definition) is 3. The van der Waals surface area contributed by atoms with Gasteiger partial charge in [-0.3, -0.25) is 9.48 Å². The molecule has 2 aromatic rings. The first kappa shape index (κ1) is 13.8. The van der Waals surface area contributed by atoms with Crippen LogP contribution >= 0.6 is 0 Å². The molecule has 20 heavy (non-hydrogen) atoms. The maximum Gasteiger partial charge on any atom is 0.335 e. The van der Waals surface area contributed by atoms with Crippen molar-refractivity contribution in [3.63, 3.8) is 0 Å². The number of nitrogens with zero attached hydrogens (tertiary/aromatic N) is 2. The lowest BCUT2D eigenvalue weighted by molar-refractivity contribution is 0.0697. The third-order valence-electron chi connectivity index (χ3n) is 2.93. The summed E-state index contributed by atoms with van der Waals surface area (Å²) in [6.07, 6.45) is 1.84. The van der Waals surface area contributed by atoms with Crippen LogP contribution < -0.4 is 5.32 Å². The van der Waals surface area contributed by atoms with Crippen molar-refractivity contribution in [2.75, 3.05) is 0 Å². The number of aromatic carboxylic acids is 1. The molecule has 1 aromatic carbocycles. The number of rotatable bonds is 4. The van der Waals surface area contributed by atoms with Crippen molar-refractivity contribution in [1.82, 2.24) is 15.1 Å². The fourth-order valence-electron chi connectivity index (χ4n) is 1.89. The lowest BCUT2D eigenvalue weighted by Crippen LogP contribution is -2.23. The van der Waals surface area contributed by atoms with Crippen LogP contribution in [0.1, 0.15) is 32.0 Å². The molecule has 0 unspecified atom stereocenters. The van der Waals surface area contributed by atoms with Crippen LogP contribution in [0.4, 0.5) is 0 Å². The standard InChI is InChI=1S/C14H15N3O3/c1-9-12(8-17(2)16-9)7-15-13(18)10-4-3-5-11(6-10)14(19)20/h3-6,8H,7H2,1-2H3,(H,15,18)(H,19,20). The molecule has 2 rings (SSSR count). The first-order valence-corrected chi connectivity index (χ1v) is 6.08. The second kappa shape index (κ2) is 5.56. The molecule has 104 valence electrons. The van der Waals surface area contributed by atoms with Gasteiger partial charge in [-0.25, -0.2) is 4.79 Å². The van der Waals surface area contributed by atoms with Crippen LogP contribution in [0.5, 0.6) is 0 Å². The Kier molecular flexibility index (Phi) is 3.84. The molecule has 0 fully saturated rings. The van der Waals surface area contributed by atoms with E-state index in [1.165, 1.54) is 12.1 Å². The smallest absolute Gasteiger partial charge is 0.335 e. The number of benzene rings is 1. The number of amides is 1. The van der Waals surface area contributed by atoms with Crippen molar-refractivity contribution < 1.29 is 14.7 Å². The number of carbonyl (C=O) groups excluding carboxylic acids is 1. The molecule has 0 radical (unpaired) electrons. The van der Waals surface area contributed by atoms with Crippen molar-refractivity contribution in [3.8, 4) is 0 Å². The molecule has 0 atom stereocenters. The van der Waals surface area contributed by atoms with Crippen LogP contribution in [0.15, 0.2) is 30.5 Å². The molecular weight excluding hydrogens is 258 g/mol. The molecule has 0 aliphatic carbocycles. The van der Waals surface area contributed by atoms with Gasteiger partial charge in [-0.15, -0.1) is 0 Å². The van der Waals surface area contributed by atoms with Gasteiger partial charge in [0, 0.05) is 30.9 Å². The molecular formula is C14H15N3O3. The third-order valence-corrected chi connectivity index (χ3v) is 2.93. The number of aryl methyl sites for hydroxylation is 2. The fraction of sp³-hybridized carbons (Fsp3) is 0.214. The first-order chi connectivity index (χ1) is 9.47. The summed E-state index contributed by atoms with van der Waals surface area (Å²) in [5.41, 5.74) is 2.20. The van der Waals surface area contributed by atoms with Crippen LogP contribution in [0.2, 0.25) is 0 Å². The van der Waals surface area contributed by atoms with Gasteiger partial charge in [0.05, 0.1) is 11.3 Å². The van der Waals surface area contributed by atoms with E-state index in [9.17, 15) is 9.59 Å². The Bertz CT molecular complexity index is 661. The Morgan fingerprint density at radius 2 is 2.05 bits per heavy atom. The van der Waals surface area contributed by atoms with Gasteiger partial charge in [-0.1, -0.05) is 6.07 Å². The fourth-order valence-corrected chi connectivity index (χ4v) is 1.89. The zero-order chi connectivity index (χ0) is 14.7. The molecule has 0 saturated heterocycles. The third kappa shape index (κ3) is 3.03. The van der Waals surface area contributed by atoms with Gasteiger partial charge in [0.15, 0.2) is 0 Å². The highest BCUT2D eigenvalue weighted by molar-refractivity contribution is 5.97. The molecule has 1 amide bonds. The largest absolute Gasteiger partial charge is 0.478 e. The zero-order valence-electron chi connectivity index (χ0n) is 11.3. The summed E-state index contributed by atoms with van der Waals surface area (Å²) in [7, 11) is 1.81. The van der Waals surface area contributed by atoms with E-state index < -0.39 is 5.97 Å². The van der Waals surface area contributed by atoms with E-state index >= 15 is 0 Å². The second-order valence-corrected chi connectivity index (χ2v) is 4.48. The van der Waals surface area contributed by atoms with E-state index in [2.05, 4.69) is 10.4 Å². The molecule has 2 N–H and O–H groups in total. The molecule has 0 spiro atoms. The number of aromatic nitrogens is 2. The quantitative estimate of drug-likeness (QED) is 0.880. The van der Waals surface area contributed by atoms with Crippen LogP contribution in [0.3, 0.4) is 0 Å². The minimum atomic E-state index is -1.05. The molecule has 6 nitrogen and oxygen atoms in total. The summed E-state index contributed by atoms with van der Waals surface area (Å²) < 4.78 is 1.68. The van der Waals surface area contributed by atoms with Crippen molar-refractivity contribution in [1.29, 1.82) is 0 Å². The molecule has 1 aromatic heterocycles. The number of hydrogen-bond donors (Lipinski definition) is 2. The molecule has 0 aliphatic heterocycles. The number of nitrogens with one attached hydrogen (secondary N) is 1. The normalized spacial score (nSPS) is 10.3. The van der Waals surface area contributed by atoms with Crippen molar-refractivity contribution >= 4 is 11.9 Å². The van der Waals surface area contributed by atoms with Crippen LogP contribution in [-0.2, 0) is 13.6 Å². The summed E-state index contributed by atoms with van der Waals surface area (Å²) in [6.45, 7) is 2.22. The van der Waals surface area contributed by atoms with E-state index in [0.29, 0.717) is 12.1 Å². The number of carboxylic acids is 1. The zero-order valence-corrected chi connectivity index (χ0v) is 11.3. The van der Waals surface area contributed by atoms with E-state index in [1.54, 1.807) is 16.8 Å². The predicted octanol–water partition coefficient (Wildman–Crippen LogP) is 1.36. The van der Waals surface area contributed by atoms with Gasteiger partial charge < -0.3 is 10.4 Å². The maximum absolute atomic E-state index is 12.0. The van der Waals surface area contributed by atoms with Gasteiger partial charge in [0.25, 0.3) is 5.91 Å². The molecule has 0 aliphatic rings. The first-order valence-electron chi connectivity index (χ1n) is 6.08. The Balaban J connectivity index is 2.07.